The van der Waals surface area contributed by atoms with Gasteiger partial charge in [0.15, 0.2) is 0 Å². The first-order chi connectivity index (χ1) is 15.2. The van der Waals surface area contributed by atoms with Crippen LogP contribution in [0, 0.1) is 6.92 Å². The fourth-order valence-electron chi connectivity index (χ4n) is 4.28. The highest BCUT2D eigenvalue weighted by Crippen LogP contribution is 2.41. The number of rotatable bonds is 4. The number of hydrogen-bond acceptors (Lipinski definition) is 3. The van der Waals surface area contributed by atoms with Crippen molar-refractivity contribution < 1.29 is 22.8 Å². The molecule has 32 heavy (non-hydrogen) atoms. The molecule has 0 radical (unpaired) electrons. The highest BCUT2D eigenvalue weighted by Gasteiger charge is 2.67. The molecular formula is C24H24F3N3O2. The first-order valence-electron chi connectivity index (χ1n) is 10.7. The van der Waals surface area contributed by atoms with Crippen LogP contribution in [0.15, 0.2) is 59.6 Å². The normalized spacial score (nSPS) is 22.1. The number of nitrogens with one attached hydrogen (secondary N) is 1. The van der Waals surface area contributed by atoms with Crippen molar-refractivity contribution in [1.82, 2.24) is 10.2 Å². The molecule has 2 aromatic carbocycles. The number of hydrogen-bond donors (Lipinski definition) is 1. The molecule has 2 aliphatic rings. The van der Waals surface area contributed by atoms with Crippen molar-refractivity contribution in [3.8, 4) is 0 Å². The number of carbonyl (C=O) groups is 2. The molecule has 1 N–H and O–H groups in total. The van der Waals surface area contributed by atoms with E-state index in [2.05, 4.69) is 4.99 Å². The Balaban J connectivity index is 1.79. The molecule has 1 atom stereocenters. The summed E-state index contributed by atoms with van der Waals surface area (Å²) in [5, 5.41) is 1.94. The van der Waals surface area contributed by atoms with Crippen molar-refractivity contribution in [2.24, 2.45) is 4.99 Å². The van der Waals surface area contributed by atoms with E-state index in [0.29, 0.717) is 18.4 Å². The van der Waals surface area contributed by atoms with Gasteiger partial charge in [-0.2, -0.15) is 13.2 Å². The molecule has 2 amide bonds. The molecule has 2 aromatic rings. The van der Waals surface area contributed by atoms with E-state index in [1.165, 1.54) is 12.1 Å². The predicted molar refractivity (Wildman–Crippen MR) is 114 cm³/mol. The SMILES string of the molecule is Cc1ccc(C(=O)N[C@]2(C(F)(F)F)N=C(c3ccccc3)N(C3CCCCC3)C2=O)cc1. The van der Waals surface area contributed by atoms with Gasteiger partial charge in [0.05, 0.1) is 0 Å². The van der Waals surface area contributed by atoms with E-state index in [9.17, 15) is 22.8 Å². The molecule has 0 saturated heterocycles. The standard InChI is InChI=1S/C24H24F3N3O2/c1-16-12-14-18(15-13-16)21(31)29-23(24(25,26)27)22(32)30(19-10-6-3-7-11-19)20(28-23)17-8-4-2-5-9-17/h2,4-5,8-9,12-15,19H,3,6-7,10-11H2,1H3,(H,29,31)/t23-/m1/s1. The van der Waals surface area contributed by atoms with Gasteiger partial charge in [-0.3, -0.25) is 14.5 Å². The quantitative estimate of drug-likeness (QED) is 0.751. The summed E-state index contributed by atoms with van der Waals surface area (Å²) in [7, 11) is 0. The van der Waals surface area contributed by atoms with Gasteiger partial charge < -0.3 is 5.32 Å². The fourth-order valence-corrected chi connectivity index (χ4v) is 4.28. The second-order valence-corrected chi connectivity index (χ2v) is 8.30. The van der Waals surface area contributed by atoms with Crippen LogP contribution in [0.5, 0.6) is 0 Å². The maximum Gasteiger partial charge on any atom is 0.442 e. The Morgan fingerprint density at radius 3 is 2.25 bits per heavy atom. The Morgan fingerprint density at radius 2 is 1.66 bits per heavy atom. The lowest BCUT2D eigenvalue weighted by Crippen LogP contribution is -2.64. The summed E-state index contributed by atoms with van der Waals surface area (Å²) < 4.78 is 43.4. The van der Waals surface area contributed by atoms with E-state index in [4.69, 9.17) is 0 Å². The average molecular weight is 443 g/mol. The maximum atomic E-state index is 14.5. The predicted octanol–water partition coefficient (Wildman–Crippen LogP) is 4.61. The van der Waals surface area contributed by atoms with Crippen LogP contribution in [0.3, 0.4) is 0 Å². The molecule has 0 bridgehead atoms. The van der Waals surface area contributed by atoms with Crippen LogP contribution < -0.4 is 5.32 Å². The number of halogens is 3. The van der Waals surface area contributed by atoms with Gasteiger partial charge in [0.25, 0.3) is 11.8 Å². The number of nitrogens with zero attached hydrogens (tertiary/aromatic N) is 2. The largest absolute Gasteiger partial charge is 0.442 e. The average Bonchev–Trinajstić information content (AvgIpc) is 3.08. The minimum Gasteiger partial charge on any atom is -0.312 e. The first-order valence-corrected chi connectivity index (χ1v) is 10.7. The van der Waals surface area contributed by atoms with Crippen molar-refractivity contribution in [3.05, 3.63) is 71.3 Å². The number of amides is 2. The lowest BCUT2D eigenvalue weighted by Gasteiger charge is -2.34. The van der Waals surface area contributed by atoms with Gasteiger partial charge in [0.1, 0.15) is 5.84 Å². The van der Waals surface area contributed by atoms with Gasteiger partial charge in [0, 0.05) is 17.2 Å². The molecule has 1 aliphatic heterocycles. The molecule has 1 aliphatic carbocycles. The van der Waals surface area contributed by atoms with Crippen LogP contribution in [0.1, 0.15) is 53.6 Å². The number of benzene rings is 2. The maximum absolute atomic E-state index is 14.5. The molecule has 1 heterocycles. The van der Waals surface area contributed by atoms with E-state index in [1.54, 1.807) is 49.4 Å². The van der Waals surface area contributed by atoms with Crippen LogP contribution in [0.2, 0.25) is 0 Å². The van der Waals surface area contributed by atoms with Crippen LogP contribution in [0.25, 0.3) is 0 Å². The molecule has 0 aromatic heterocycles. The van der Waals surface area contributed by atoms with Crippen molar-refractivity contribution in [2.75, 3.05) is 0 Å². The fraction of sp³-hybridized carbons (Fsp3) is 0.375. The van der Waals surface area contributed by atoms with Crippen LogP contribution >= 0.6 is 0 Å². The molecular weight excluding hydrogens is 419 g/mol. The summed E-state index contributed by atoms with van der Waals surface area (Å²) in [6, 6.07) is 14.0. The summed E-state index contributed by atoms with van der Waals surface area (Å²) >= 11 is 0. The number of alkyl halides is 3. The Bertz CT molecular complexity index is 1030. The van der Waals surface area contributed by atoms with Crippen LogP contribution in [-0.2, 0) is 4.79 Å². The summed E-state index contributed by atoms with van der Waals surface area (Å²) in [5.74, 6) is -2.31. The third kappa shape index (κ3) is 3.89. The highest BCUT2D eigenvalue weighted by atomic mass is 19.4. The van der Waals surface area contributed by atoms with E-state index >= 15 is 0 Å². The minimum absolute atomic E-state index is 0.0274. The Labute approximate surface area is 184 Å². The molecule has 5 nitrogen and oxygen atoms in total. The number of carbonyl (C=O) groups excluding carboxylic acids is 2. The molecule has 1 saturated carbocycles. The molecule has 8 heteroatoms. The first kappa shape index (κ1) is 22.0. The third-order valence-electron chi connectivity index (χ3n) is 6.02. The number of amidine groups is 1. The van der Waals surface area contributed by atoms with E-state index in [1.807, 2.05) is 5.32 Å². The topological polar surface area (TPSA) is 61.8 Å². The minimum atomic E-state index is -5.12. The Hall–Kier alpha value is -3.16. The summed E-state index contributed by atoms with van der Waals surface area (Å²) in [4.78, 5) is 31.3. The van der Waals surface area contributed by atoms with Gasteiger partial charge in [0.2, 0.25) is 0 Å². The van der Waals surface area contributed by atoms with Gasteiger partial charge in [-0.05, 0) is 31.9 Å². The van der Waals surface area contributed by atoms with Crippen molar-refractivity contribution in [2.45, 2.75) is 56.9 Å². The monoisotopic (exact) mass is 443 g/mol. The molecule has 1 fully saturated rings. The molecule has 4 rings (SSSR count). The molecule has 168 valence electrons. The van der Waals surface area contributed by atoms with Gasteiger partial charge in [-0.1, -0.05) is 67.3 Å². The highest BCUT2D eigenvalue weighted by molar-refractivity contribution is 6.17. The Morgan fingerprint density at radius 1 is 1.03 bits per heavy atom. The van der Waals surface area contributed by atoms with Gasteiger partial charge in [-0.25, -0.2) is 4.99 Å². The molecule has 0 unspecified atom stereocenters. The Kier molecular flexibility index (Phi) is 5.79. The summed E-state index contributed by atoms with van der Waals surface area (Å²) in [5.41, 5.74) is -2.07. The van der Waals surface area contributed by atoms with E-state index in [-0.39, 0.29) is 11.4 Å². The third-order valence-corrected chi connectivity index (χ3v) is 6.02. The van der Waals surface area contributed by atoms with Gasteiger partial charge in [-0.15, -0.1) is 0 Å². The van der Waals surface area contributed by atoms with Crippen molar-refractivity contribution in [3.63, 3.8) is 0 Å². The number of aliphatic imine (C=N–C) groups is 1. The zero-order valence-corrected chi connectivity index (χ0v) is 17.7. The van der Waals surface area contributed by atoms with Crippen LogP contribution in [-0.4, -0.2) is 40.4 Å². The van der Waals surface area contributed by atoms with Crippen molar-refractivity contribution >= 4 is 17.6 Å². The van der Waals surface area contributed by atoms with E-state index in [0.717, 1.165) is 29.7 Å². The number of aryl methyl sites for hydroxylation is 1. The van der Waals surface area contributed by atoms with Crippen LogP contribution in [0.4, 0.5) is 13.2 Å². The second kappa shape index (κ2) is 8.41. The lowest BCUT2D eigenvalue weighted by atomic mass is 9.93. The zero-order valence-electron chi connectivity index (χ0n) is 17.7. The summed E-state index contributed by atoms with van der Waals surface area (Å²) in [6.07, 6.45) is -1.30. The van der Waals surface area contributed by atoms with Gasteiger partial charge >= 0.3 is 11.8 Å². The zero-order chi connectivity index (χ0) is 22.9. The lowest BCUT2D eigenvalue weighted by molar-refractivity contribution is -0.197. The molecule has 0 spiro atoms. The van der Waals surface area contributed by atoms with E-state index < -0.39 is 29.7 Å². The second-order valence-electron chi connectivity index (χ2n) is 8.30. The smallest absolute Gasteiger partial charge is 0.312 e. The summed E-state index contributed by atoms with van der Waals surface area (Å²) in [6.45, 7) is 1.80. The van der Waals surface area contributed by atoms with Crippen molar-refractivity contribution in [1.29, 1.82) is 0 Å².